The molecule has 0 saturated carbocycles. The average molecular weight is 280 g/mol. The predicted molar refractivity (Wildman–Crippen MR) is 74.3 cm³/mol. The third-order valence-electron chi connectivity index (χ3n) is 2.86. The molecule has 2 atom stereocenters. The second-order valence-corrected chi connectivity index (χ2v) is 4.74. The van der Waals surface area contributed by atoms with Gasteiger partial charge >= 0.3 is 12.0 Å². The molecule has 1 aromatic rings. The summed E-state index contributed by atoms with van der Waals surface area (Å²) < 4.78 is 0. The number of nitrogens with one attached hydrogen (secondary N) is 2. The van der Waals surface area contributed by atoms with Gasteiger partial charge in [0.2, 0.25) is 5.95 Å². The van der Waals surface area contributed by atoms with Gasteiger partial charge in [0, 0.05) is 18.4 Å². The number of aliphatic carboxylic acids is 1. The van der Waals surface area contributed by atoms with E-state index in [4.69, 9.17) is 5.11 Å². The summed E-state index contributed by atoms with van der Waals surface area (Å²) in [5, 5.41) is 14.0. The summed E-state index contributed by atoms with van der Waals surface area (Å²) in [4.78, 5) is 30.1. The highest BCUT2D eigenvalue weighted by atomic mass is 16.4. The van der Waals surface area contributed by atoms with E-state index in [1.807, 2.05) is 6.92 Å². The zero-order valence-corrected chi connectivity index (χ0v) is 11.7. The molecule has 0 spiro atoms. The number of carboxylic acid groups (broad SMARTS) is 1. The Balaban J connectivity index is 2.23. The van der Waals surface area contributed by atoms with Gasteiger partial charge in [-0.25, -0.2) is 14.8 Å². The van der Waals surface area contributed by atoms with Crippen molar-refractivity contribution in [3.63, 3.8) is 0 Å². The van der Waals surface area contributed by atoms with E-state index in [0.29, 0.717) is 6.42 Å². The quantitative estimate of drug-likeness (QED) is 0.707. The van der Waals surface area contributed by atoms with Crippen LogP contribution in [0.15, 0.2) is 18.5 Å². The Labute approximate surface area is 117 Å². The number of hydrogen-bond acceptors (Lipinski definition) is 4. The van der Waals surface area contributed by atoms with Crippen LogP contribution in [0.5, 0.6) is 0 Å². The standard InChI is InChI=1S/C13H20N4O3/c1-9(11(18)19)5-3-6-10(2)16-13(20)17-12-14-7-4-8-15-12/h4,7-10H,3,5-6H2,1-2H3,(H,18,19)(H2,14,15,16,17,20). The molecule has 0 aliphatic rings. The molecule has 0 aromatic carbocycles. The molecule has 0 aliphatic carbocycles. The van der Waals surface area contributed by atoms with E-state index in [2.05, 4.69) is 20.6 Å². The van der Waals surface area contributed by atoms with Gasteiger partial charge in [-0.05, 0) is 25.8 Å². The maximum absolute atomic E-state index is 11.6. The summed E-state index contributed by atoms with van der Waals surface area (Å²) in [6.07, 6.45) is 5.15. The number of rotatable bonds is 7. The number of hydrogen-bond donors (Lipinski definition) is 3. The minimum Gasteiger partial charge on any atom is -0.481 e. The molecule has 0 radical (unpaired) electrons. The van der Waals surface area contributed by atoms with Crippen molar-refractivity contribution in [2.75, 3.05) is 5.32 Å². The van der Waals surface area contributed by atoms with E-state index < -0.39 is 5.97 Å². The number of carbonyl (C=O) groups is 2. The Bertz CT molecular complexity index is 439. The molecule has 0 fully saturated rings. The van der Waals surface area contributed by atoms with Gasteiger partial charge in [0.25, 0.3) is 0 Å². The largest absolute Gasteiger partial charge is 0.481 e. The second kappa shape index (κ2) is 8.08. The normalized spacial score (nSPS) is 13.3. The fourth-order valence-electron chi connectivity index (χ4n) is 1.65. The minimum atomic E-state index is -0.787. The van der Waals surface area contributed by atoms with Crippen LogP contribution in [0.3, 0.4) is 0 Å². The lowest BCUT2D eigenvalue weighted by Gasteiger charge is -2.14. The van der Waals surface area contributed by atoms with Crippen LogP contribution in [0.2, 0.25) is 0 Å². The van der Waals surface area contributed by atoms with Crippen molar-refractivity contribution in [3.8, 4) is 0 Å². The number of aromatic nitrogens is 2. The predicted octanol–water partition coefficient (Wildman–Crippen LogP) is 1.88. The molecule has 110 valence electrons. The monoisotopic (exact) mass is 280 g/mol. The molecular weight excluding hydrogens is 260 g/mol. The second-order valence-electron chi connectivity index (χ2n) is 4.74. The minimum absolute atomic E-state index is 0.0419. The SMILES string of the molecule is CC(CCCC(C)C(=O)O)NC(=O)Nc1ncccn1. The van der Waals surface area contributed by atoms with Crippen LogP contribution in [0.1, 0.15) is 33.1 Å². The molecule has 2 unspecified atom stereocenters. The molecule has 0 saturated heterocycles. The van der Waals surface area contributed by atoms with Crippen LogP contribution in [-0.2, 0) is 4.79 Å². The van der Waals surface area contributed by atoms with E-state index in [0.717, 1.165) is 12.8 Å². The van der Waals surface area contributed by atoms with Gasteiger partial charge in [0.05, 0.1) is 5.92 Å². The molecule has 3 N–H and O–H groups in total. The fourth-order valence-corrected chi connectivity index (χ4v) is 1.65. The lowest BCUT2D eigenvalue weighted by molar-refractivity contribution is -0.141. The van der Waals surface area contributed by atoms with Crippen molar-refractivity contribution in [1.29, 1.82) is 0 Å². The number of carbonyl (C=O) groups excluding carboxylic acids is 1. The molecule has 0 aliphatic heterocycles. The molecule has 1 rings (SSSR count). The highest BCUT2D eigenvalue weighted by molar-refractivity contribution is 5.87. The lowest BCUT2D eigenvalue weighted by Crippen LogP contribution is -2.36. The smallest absolute Gasteiger partial charge is 0.321 e. The van der Waals surface area contributed by atoms with Crippen LogP contribution in [0, 0.1) is 5.92 Å². The van der Waals surface area contributed by atoms with Crippen LogP contribution in [0.4, 0.5) is 10.7 Å². The topological polar surface area (TPSA) is 104 Å². The third kappa shape index (κ3) is 6.12. The first-order valence-electron chi connectivity index (χ1n) is 6.56. The van der Waals surface area contributed by atoms with Gasteiger partial charge < -0.3 is 10.4 Å². The molecular formula is C13H20N4O3. The zero-order chi connectivity index (χ0) is 15.0. The first-order chi connectivity index (χ1) is 9.49. The molecule has 7 nitrogen and oxygen atoms in total. The zero-order valence-electron chi connectivity index (χ0n) is 11.7. The van der Waals surface area contributed by atoms with Crippen molar-refractivity contribution in [1.82, 2.24) is 15.3 Å². The third-order valence-corrected chi connectivity index (χ3v) is 2.86. The van der Waals surface area contributed by atoms with E-state index in [1.54, 1.807) is 25.4 Å². The number of carboxylic acids is 1. The van der Waals surface area contributed by atoms with E-state index >= 15 is 0 Å². The van der Waals surface area contributed by atoms with Gasteiger partial charge in [0.1, 0.15) is 0 Å². The molecule has 0 bridgehead atoms. The molecule has 1 heterocycles. The van der Waals surface area contributed by atoms with Crippen molar-refractivity contribution < 1.29 is 14.7 Å². The number of anilines is 1. The summed E-state index contributed by atoms with van der Waals surface area (Å²) in [6, 6.07) is 1.25. The summed E-state index contributed by atoms with van der Waals surface area (Å²) in [7, 11) is 0. The maximum Gasteiger partial charge on any atom is 0.321 e. The van der Waals surface area contributed by atoms with E-state index in [9.17, 15) is 9.59 Å². The fraction of sp³-hybridized carbons (Fsp3) is 0.538. The Morgan fingerprint density at radius 2 is 1.90 bits per heavy atom. The van der Waals surface area contributed by atoms with Gasteiger partial charge in [-0.1, -0.05) is 13.3 Å². The Morgan fingerprint density at radius 1 is 1.25 bits per heavy atom. The molecule has 20 heavy (non-hydrogen) atoms. The lowest BCUT2D eigenvalue weighted by atomic mass is 10.0. The van der Waals surface area contributed by atoms with Crippen molar-refractivity contribution in [3.05, 3.63) is 18.5 Å². The van der Waals surface area contributed by atoms with Crippen molar-refractivity contribution >= 4 is 17.9 Å². The van der Waals surface area contributed by atoms with Crippen molar-refractivity contribution in [2.45, 2.75) is 39.2 Å². The Hall–Kier alpha value is -2.18. The maximum atomic E-state index is 11.6. The van der Waals surface area contributed by atoms with Gasteiger partial charge in [-0.15, -0.1) is 0 Å². The molecule has 1 aromatic heterocycles. The van der Waals surface area contributed by atoms with Crippen LogP contribution in [0.25, 0.3) is 0 Å². The van der Waals surface area contributed by atoms with E-state index in [1.165, 1.54) is 0 Å². The average Bonchev–Trinajstić information content (AvgIpc) is 2.39. The van der Waals surface area contributed by atoms with E-state index in [-0.39, 0.29) is 23.9 Å². The number of urea groups is 1. The molecule has 2 amide bonds. The highest BCUT2D eigenvalue weighted by Gasteiger charge is 2.12. The van der Waals surface area contributed by atoms with Crippen LogP contribution < -0.4 is 10.6 Å². The van der Waals surface area contributed by atoms with Crippen LogP contribution in [-0.4, -0.2) is 33.1 Å². The number of nitrogens with zero attached hydrogens (tertiary/aromatic N) is 2. The number of amides is 2. The Morgan fingerprint density at radius 3 is 2.50 bits per heavy atom. The summed E-state index contributed by atoms with van der Waals surface area (Å²) in [6.45, 7) is 3.55. The Kier molecular flexibility index (Phi) is 6.42. The summed E-state index contributed by atoms with van der Waals surface area (Å²) in [5.41, 5.74) is 0. The van der Waals surface area contributed by atoms with Gasteiger partial charge in [-0.2, -0.15) is 0 Å². The first-order valence-corrected chi connectivity index (χ1v) is 6.56. The summed E-state index contributed by atoms with van der Waals surface area (Å²) >= 11 is 0. The first kappa shape index (κ1) is 15.9. The summed E-state index contributed by atoms with van der Waals surface area (Å²) in [5.74, 6) is -0.893. The van der Waals surface area contributed by atoms with Gasteiger partial charge in [0.15, 0.2) is 0 Å². The van der Waals surface area contributed by atoms with Crippen molar-refractivity contribution in [2.24, 2.45) is 5.92 Å². The van der Waals surface area contributed by atoms with Crippen LogP contribution >= 0.6 is 0 Å². The van der Waals surface area contributed by atoms with Gasteiger partial charge in [-0.3, -0.25) is 10.1 Å². The highest BCUT2D eigenvalue weighted by Crippen LogP contribution is 2.09. The molecule has 7 heteroatoms.